The molecule has 19 heavy (non-hydrogen) atoms. The number of esters is 1. The van der Waals surface area contributed by atoms with Gasteiger partial charge in [-0.25, -0.2) is 0 Å². The Balaban J connectivity index is 0.000000224. The van der Waals surface area contributed by atoms with E-state index in [-0.39, 0.29) is 17.3 Å². The second-order valence-electron chi connectivity index (χ2n) is 6.74. The average molecular weight is 268 g/mol. The molecule has 1 atom stereocenters. The van der Waals surface area contributed by atoms with Gasteiger partial charge in [-0.1, -0.05) is 13.8 Å². The predicted octanol–water partition coefficient (Wildman–Crippen LogP) is 0.644. The van der Waals surface area contributed by atoms with Crippen LogP contribution in [-0.4, -0.2) is 50.6 Å². The fourth-order valence-electron chi connectivity index (χ4n) is 2.70. The molecule has 1 saturated carbocycles. The van der Waals surface area contributed by atoms with Gasteiger partial charge in [-0.15, -0.1) is 0 Å². The van der Waals surface area contributed by atoms with Gasteiger partial charge in [-0.05, 0) is 18.3 Å². The van der Waals surface area contributed by atoms with Crippen LogP contribution in [0.15, 0.2) is 0 Å². The number of likely N-dealkylation sites (tertiary alicyclic amines) is 1. The molecule has 0 radical (unpaired) electrons. The second-order valence-corrected chi connectivity index (χ2v) is 6.74. The highest BCUT2D eigenvalue weighted by atomic mass is 16.5. The summed E-state index contributed by atoms with van der Waals surface area (Å²) >= 11 is 0. The zero-order valence-corrected chi connectivity index (χ0v) is 12.1. The van der Waals surface area contributed by atoms with Crippen LogP contribution in [0, 0.1) is 16.7 Å². The van der Waals surface area contributed by atoms with E-state index < -0.39 is 0 Å². The summed E-state index contributed by atoms with van der Waals surface area (Å²) < 4.78 is 4.75. The maximum Gasteiger partial charge on any atom is 0.310 e. The first-order valence-electron chi connectivity index (χ1n) is 6.90. The SMILES string of the molecule is CC1(C)CC1.COC(=O)C1CNCC12CN(C=O)C2. The molecule has 2 aliphatic heterocycles. The van der Waals surface area contributed by atoms with E-state index in [9.17, 15) is 9.59 Å². The molecule has 5 heteroatoms. The third-order valence-electron chi connectivity index (χ3n) is 4.49. The molecule has 1 aliphatic carbocycles. The quantitative estimate of drug-likeness (QED) is 0.590. The Kier molecular flexibility index (Phi) is 3.85. The largest absolute Gasteiger partial charge is 0.469 e. The molecule has 108 valence electrons. The molecule has 3 aliphatic rings. The summed E-state index contributed by atoms with van der Waals surface area (Å²) in [6.07, 6.45) is 3.73. The first kappa shape index (κ1) is 14.3. The van der Waals surface area contributed by atoms with Crippen molar-refractivity contribution in [3.8, 4) is 0 Å². The van der Waals surface area contributed by atoms with Crippen LogP contribution in [0.25, 0.3) is 0 Å². The number of carbonyl (C=O) groups is 2. The van der Waals surface area contributed by atoms with Crippen LogP contribution in [0.1, 0.15) is 26.7 Å². The lowest BCUT2D eigenvalue weighted by Gasteiger charge is -2.48. The van der Waals surface area contributed by atoms with Gasteiger partial charge in [0.2, 0.25) is 6.41 Å². The summed E-state index contributed by atoms with van der Waals surface area (Å²) in [6, 6.07) is 0. The summed E-state index contributed by atoms with van der Waals surface area (Å²) in [5, 5.41) is 3.18. The number of carbonyl (C=O) groups excluding carboxylic acids is 2. The fraction of sp³-hybridized carbons (Fsp3) is 0.857. The predicted molar refractivity (Wildman–Crippen MR) is 71.5 cm³/mol. The Bertz CT molecular complexity index is 356. The number of nitrogens with zero attached hydrogens (tertiary/aromatic N) is 1. The lowest BCUT2D eigenvalue weighted by Crippen LogP contribution is -2.61. The molecule has 0 bridgehead atoms. The van der Waals surface area contributed by atoms with Gasteiger partial charge in [0, 0.05) is 31.6 Å². The minimum absolute atomic E-state index is 0.0615. The van der Waals surface area contributed by atoms with E-state index in [2.05, 4.69) is 19.2 Å². The number of rotatable bonds is 2. The van der Waals surface area contributed by atoms with E-state index in [0.717, 1.165) is 18.4 Å². The Morgan fingerprint density at radius 1 is 1.37 bits per heavy atom. The number of amides is 1. The Hall–Kier alpha value is -1.10. The van der Waals surface area contributed by atoms with Crippen molar-refractivity contribution in [2.24, 2.45) is 16.7 Å². The van der Waals surface area contributed by atoms with Gasteiger partial charge in [0.05, 0.1) is 13.0 Å². The molecule has 0 aromatic rings. The molecular formula is C14H24N2O3. The molecule has 0 aromatic carbocycles. The second kappa shape index (κ2) is 5.12. The minimum Gasteiger partial charge on any atom is -0.469 e. The summed E-state index contributed by atoms with van der Waals surface area (Å²) in [7, 11) is 1.41. The average Bonchev–Trinajstić information content (AvgIpc) is 2.89. The van der Waals surface area contributed by atoms with Crippen molar-refractivity contribution in [2.75, 3.05) is 33.3 Å². The maximum atomic E-state index is 11.4. The lowest BCUT2D eigenvalue weighted by molar-refractivity contribution is -0.155. The topological polar surface area (TPSA) is 58.6 Å². The molecular weight excluding hydrogens is 244 g/mol. The molecule has 3 rings (SSSR count). The molecule has 3 fully saturated rings. The van der Waals surface area contributed by atoms with E-state index in [0.29, 0.717) is 19.6 Å². The Morgan fingerprint density at radius 3 is 2.37 bits per heavy atom. The van der Waals surface area contributed by atoms with Gasteiger partial charge in [0.1, 0.15) is 0 Å². The normalized spacial score (nSPS) is 29.0. The van der Waals surface area contributed by atoms with E-state index >= 15 is 0 Å². The van der Waals surface area contributed by atoms with Crippen molar-refractivity contribution in [2.45, 2.75) is 26.7 Å². The van der Waals surface area contributed by atoms with E-state index in [1.165, 1.54) is 20.0 Å². The van der Waals surface area contributed by atoms with Crippen LogP contribution in [-0.2, 0) is 14.3 Å². The minimum atomic E-state index is -0.166. The molecule has 2 heterocycles. The number of methoxy groups -OCH3 is 1. The van der Waals surface area contributed by atoms with Crippen molar-refractivity contribution in [1.82, 2.24) is 10.2 Å². The summed E-state index contributed by atoms with van der Waals surface area (Å²) in [4.78, 5) is 23.6. The highest BCUT2D eigenvalue weighted by molar-refractivity contribution is 5.75. The molecule has 1 spiro atoms. The number of hydrogen-bond donors (Lipinski definition) is 1. The third kappa shape index (κ3) is 3.08. The first-order valence-corrected chi connectivity index (χ1v) is 6.90. The number of hydrogen-bond acceptors (Lipinski definition) is 4. The zero-order chi connectivity index (χ0) is 14.1. The Morgan fingerprint density at radius 2 is 1.95 bits per heavy atom. The third-order valence-corrected chi connectivity index (χ3v) is 4.49. The summed E-state index contributed by atoms with van der Waals surface area (Å²) in [6.45, 7) is 7.41. The van der Waals surface area contributed by atoms with Crippen molar-refractivity contribution in [3.63, 3.8) is 0 Å². The van der Waals surface area contributed by atoms with Crippen molar-refractivity contribution < 1.29 is 14.3 Å². The van der Waals surface area contributed by atoms with Gasteiger partial charge in [0.25, 0.3) is 0 Å². The Labute approximate surface area is 114 Å². The lowest BCUT2D eigenvalue weighted by atomic mass is 9.72. The molecule has 0 aromatic heterocycles. The van der Waals surface area contributed by atoms with Gasteiger partial charge in [-0.2, -0.15) is 0 Å². The highest BCUT2D eigenvalue weighted by Gasteiger charge is 2.54. The maximum absolute atomic E-state index is 11.4. The first-order chi connectivity index (χ1) is 8.92. The van der Waals surface area contributed by atoms with Crippen molar-refractivity contribution >= 4 is 12.4 Å². The fourth-order valence-corrected chi connectivity index (χ4v) is 2.70. The van der Waals surface area contributed by atoms with Gasteiger partial charge in [0.15, 0.2) is 0 Å². The summed E-state index contributed by atoms with van der Waals surface area (Å²) in [5.74, 6) is -0.260. The van der Waals surface area contributed by atoms with Gasteiger partial charge >= 0.3 is 5.97 Å². The van der Waals surface area contributed by atoms with E-state index in [1.54, 1.807) is 4.90 Å². The van der Waals surface area contributed by atoms with E-state index in [1.807, 2.05) is 0 Å². The van der Waals surface area contributed by atoms with Crippen LogP contribution in [0.5, 0.6) is 0 Å². The van der Waals surface area contributed by atoms with Crippen molar-refractivity contribution in [3.05, 3.63) is 0 Å². The number of nitrogens with one attached hydrogen (secondary N) is 1. The molecule has 1 N–H and O–H groups in total. The molecule has 1 amide bonds. The molecule has 5 nitrogen and oxygen atoms in total. The highest BCUT2D eigenvalue weighted by Crippen LogP contribution is 2.43. The summed E-state index contributed by atoms with van der Waals surface area (Å²) in [5.41, 5.74) is 0.688. The monoisotopic (exact) mass is 268 g/mol. The van der Waals surface area contributed by atoms with Crippen LogP contribution in [0.2, 0.25) is 0 Å². The van der Waals surface area contributed by atoms with Crippen LogP contribution in [0.3, 0.4) is 0 Å². The molecule has 2 saturated heterocycles. The van der Waals surface area contributed by atoms with Crippen molar-refractivity contribution in [1.29, 1.82) is 0 Å². The van der Waals surface area contributed by atoms with E-state index in [4.69, 9.17) is 4.74 Å². The van der Waals surface area contributed by atoms with Gasteiger partial charge < -0.3 is 15.0 Å². The number of ether oxygens (including phenoxy) is 1. The zero-order valence-electron chi connectivity index (χ0n) is 12.1. The molecule has 1 unspecified atom stereocenters. The van der Waals surface area contributed by atoms with Crippen LogP contribution in [0.4, 0.5) is 0 Å². The van der Waals surface area contributed by atoms with Crippen LogP contribution < -0.4 is 5.32 Å². The van der Waals surface area contributed by atoms with Crippen LogP contribution >= 0.6 is 0 Å². The smallest absolute Gasteiger partial charge is 0.310 e. The van der Waals surface area contributed by atoms with Gasteiger partial charge in [-0.3, -0.25) is 9.59 Å². The standard InChI is InChI=1S/C9H14N2O3.C5H10/c1-14-8(13)7-2-10-3-9(7)4-11(5-9)6-12;1-5(2)3-4-5/h6-7,10H,2-5H2,1H3;3-4H2,1-2H3.